The number of nitrogens with zero attached hydrogens (tertiary/aromatic N) is 2. The minimum Gasteiger partial charge on any atom is -0.491 e. The molecule has 0 radical (unpaired) electrons. The second kappa shape index (κ2) is 11.7. The van der Waals surface area contributed by atoms with Gasteiger partial charge in [-0.2, -0.15) is 13.2 Å². The zero-order chi connectivity index (χ0) is 24.8. The van der Waals surface area contributed by atoms with Crippen LogP contribution in [0, 0.1) is 5.92 Å². The standard InChI is InChI=1S/C23H34F3N3O4/c1-6-21(30)27-17-7-8-18-19(11-17)33-14-16(3)29(10-9-23(24,25)26)12-15(2)20(32-5)13-28(4)22(18)31/h7-8,11,15-16,20H,6,9-10,12-14H2,1-5H3,(H,27,30)/t15-,16+,20-/m1/s1. The number of likely N-dealkylation sites (N-methyl/N-ethyl adjacent to an activating group) is 1. The fourth-order valence-electron chi connectivity index (χ4n) is 3.76. The number of rotatable bonds is 5. The van der Waals surface area contributed by atoms with Crippen molar-refractivity contribution >= 4 is 17.5 Å². The first-order valence-corrected chi connectivity index (χ1v) is 11.1. The molecule has 33 heavy (non-hydrogen) atoms. The molecule has 1 N–H and O–H groups in total. The van der Waals surface area contributed by atoms with Crippen molar-refractivity contribution in [2.75, 3.05) is 45.7 Å². The molecule has 2 amide bonds. The predicted molar refractivity (Wildman–Crippen MR) is 119 cm³/mol. The number of nitrogens with one attached hydrogen (secondary N) is 1. The first-order chi connectivity index (χ1) is 15.4. The van der Waals surface area contributed by atoms with E-state index in [0.717, 1.165) is 0 Å². The van der Waals surface area contributed by atoms with Gasteiger partial charge in [0, 0.05) is 58.0 Å². The normalized spacial score (nSPS) is 23.2. The van der Waals surface area contributed by atoms with Crippen LogP contribution in [0.2, 0.25) is 0 Å². The second-order valence-corrected chi connectivity index (χ2v) is 8.57. The Hall–Kier alpha value is -2.33. The van der Waals surface area contributed by atoms with Crippen molar-refractivity contribution in [2.24, 2.45) is 5.92 Å². The first kappa shape index (κ1) is 26.9. The second-order valence-electron chi connectivity index (χ2n) is 8.57. The Morgan fingerprint density at radius 2 is 1.97 bits per heavy atom. The van der Waals surface area contributed by atoms with Crippen molar-refractivity contribution in [3.05, 3.63) is 23.8 Å². The third-order valence-electron chi connectivity index (χ3n) is 5.86. The molecule has 0 aliphatic carbocycles. The molecule has 1 heterocycles. The third kappa shape index (κ3) is 7.89. The lowest BCUT2D eigenvalue weighted by molar-refractivity contribution is -0.140. The Morgan fingerprint density at radius 1 is 1.27 bits per heavy atom. The summed E-state index contributed by atoms with van der Waals surface area (Å²) in [4.78, 5) is 28.2. The predicted octanol–water partition coefficient (Wildman–Crippen LogP) is 3.79. The van der Waals surface area contributed by atoms with Crippen LogP contribution in [0.1, 0.15) is 44.0 Å². The maximum absolute atomic E-state index is 13.1. The van der Waals surface area contributed by atoms with Crippen molar-refractivity contribution in [3.63, 3.8) is 0 Å². The summed E-state index contributed by atoms with van der Waals surface area (Å²) in [5, 5.41) is 2.73. The summed E-state index contributed by atoms with van der Waals surface area (Å²) in [6.07, 6.45) is -5.25. The van der Waals surface area contributed by atoms with Gasteiger partial charge in [0.05, 0.1) is 18.1 Å². The van der Waals surface area contributed by atoms with Crippen LogP contribution in [0.25, 0.3) is 0 Å². The van der Waals surface area contributed by atoms with Gasteiger partial charge in [0.2, 0.25) is 5.91 Å². The highest BCUT2D eigenvalue weighted by molar-refractivity contribution is 5.98. The lowest BCUT2D eigenvalue weighted by Crippen LogP contribution is -2.47. The number of benzene rings is 1. The molecular formula is C23H34F3N3O4. The Morgan fingerprint density at radius 3 is 2.58 bits per heavy atom. The van der Waals surface area contributed by atoms with E-state index in [1.54, 1.807) is 44.0 Å². The van der Waals surface area contributed by atoms with Crippen molar-refractivity contribution in [3.8, 4) is 5.75 Å². The van der Waals surface area contributed by atoms with Crippen molar-refractivity contribution in [1.82, 2.24) is 9.80 Å². The monoisotopic (exact) mass is 473 g/mol. The quantitative estimate of drug-likeness (QED) is 0.705. The summed E-state index contributed by atoms with van der Waals surface area (Å²) in [6, 6.07) is 4.44. The smallest absolute Gasteiger partial charge is 0.390 e. The molecule has 0 saturated carbocycles. The zero-order valence-corrected chi connectivity index (χ0v) is 19.9. The largest absolute Gasteiger partial charge is 0.491 e. The van der Waals surface area contributed by atoms with Gasteiger partial charge in [-0.15, -0.1) is 0 Å². The Labute approximate surface area is 193 Å². The van der Waals surface area contributed by atoms with Crippen LogP contribution in [0.5, 0.6) is 5.75 Å². The topological polar surface area (TPSA) is 71.1 Å². The molecular weight excluding hydrogens is 439 g/mol. The molecule has 0 fully saturated rings. The van der Waals surface area contributed by atoms with Gasteiger partial charge in [0.15, 0.2) is 0 Å². The Kier molecular flexibility index (Phi) is 9.54. The van der Waals surface area contributed by atoms with Crippen molar-refractivity contribution in [1.29, 1.82) is 0 Å². The van der Waals surface area contributed by atoms with E-state index in [9.17, 15) is 22.8 Å². The Bertz CT molecular complexity index is 819. The summed E-state index contributed by atoms with van der Waals surface area (Å²) in [6.45, 7) is 5.98. The number of hydrogen-bond acceptors (Lipinski definition) is 5. The first-order valence-electron chi connectivity index (χ1n) is 11.1. The van der Waals surface area contributed by atoms with E-state index in [1.807, 2.05) is 6.92 Å². The molecule has 1 aromatic rings. The van der Waals surface area contributed by atoms with E-state index in [4.69, 9.17) is 9.47 Å². The summed E-state index contributed by atoms with van der Waals surface area (Å²) < 4.78 is 50.3. The summed E-state index contributed by atoms with van der Waals surface area (Å²) in [5.74, 6) is -0.303. The number of anilines is 1. The molecule has 1 aliphatic heterocycles. The lowest BCUT2D eigenvalue weighted by Gasteiger charge is -2.36. The van der Waals surface area contributed by atoms with Gasteiger partial charge < -0.3 is 19.7 Å². The fraction of sp³-hybridized carbons (Fsp3) is 0.652. The molecule has 1 aliphatic rings. The SMILES string of the molecule is CCC(=O)Nc1ccc2c(c1)OC[C@H](C)N(CCC(F)(F)F)C[C@@H](C)[C@H](OC)CN(C)C2=O. The molecule has 0 saturated heterocycles. The Balaban J connectivity index is 2.39. The minimum atomic E-state index is -4.26. The number of amides is 2. The van der Waals surface area contributed by atoms with Gasteiger partial charge in [-0.3, -0.25) is 14.5 Å². The zero-order valence-electron chi connectivity index (χ0n) is 19.9. The molecule has 0 unspecified atom stereocenters. The molecule has 1 aromatic carbocycles. The van der Waals surface area contributed by atoms with Crippen LogP contribution < -0.4 is 10.1 Å². The van der Waals surface area contributed by atoms with Gasteiger partial charge in [-0.25, -0.2) is 0 Å². The average molecular weight is 474 g/mol. The van der Waals surface area contributed by atoms with Crippen LogP contribution >= 0.6 is 0 Å². The van der Waals surface area contributed by atoms with Crippen LogP contribution in [0.15, 0.2) is 18.2 Å². The molecule has 186 valence electrons. The molecule has 3 atom stereocenters. The molecule has 0 bridgehead atoms. The number of hydrogen-bond donors (Lipinski definition) is 1. The van der Waals surface area contributed by atoms with E-state index < -0.39 is 12.6 Å². The highest BCUT2D eigenvalue weighted by Gasteiger charge is 2.32. The van der Waals surface area contributed by atoms with Crippen molar-refractivity contribution in [2.45, 2.75) is 51.9 Å². The number of fused-ring (bicyclic) bond motifs is 1. The van der Waals surface area contributed by atoms with Gasteiger partial charge in [-0.1, -0.05) is 13.8 Å². The van der Waals surface area contributed by atoms with Gasteiger partial charge >= 0.3 is 6.18 Å². The van der Waals surface area contributed by atoms with E-state index in [2.05, 4.69) is 5.32 Å². The van der Waals surface area contributed by atoms with Gasteiger partial charge in [0.1, 0.15) is 12.4 Å². The third-order valence-corrected chi connectivity index (χ3v) is 5.86. The highest BCUT2D eigenvalue weighted by atomic mass is 19.4. The molecule has 0 aromatic heterocycles. The van der Waals surface area contributed by atoms with Crippen LogP contribution in [0.3, 0.4) is 0 Å². The van der Waals surface area contributed by atoms with E-state index >= 15 is 0 Å². The summed E-state index contributed by atoms with van der Waals surface area (Å²) in [5.41, 5.74) is 0.789. The number of methoxy groups -OCH3 is 1. The van der Waals surface area contributed by atoms with Crippen LogP contribution in [-0.4, -0.2) is 80.3 Å². The summed E-state index contributed by atoms with van der Waals surface area (Å²) in [7, 11) is 3.18. The van der Waals surface area contributed by atoms with Gasteiger partial charge in [-0.05, 0) is 25.0 Å². The lowest BCUT2D eigenvalue weighted by atomic mass is 10.0. The van der Waals surface area contributed by atoms with Crippen LogP contribution in [-0.2, 0) is 9.53 Å². The van der Waals surface area contributed by atoms with Gasteiger partial charge in [0.25, 0.3) is 5.91 Å². The average Bonchev–Trinajstić information content (AvgIpc) is 2.76. The van der Waals surface area contributed by atoms with E-state index in [-0.39, 0.29) is 55.3 Å². The van der Waals surface area contributed by atoms with Crippen molar-refractivity contribution < 1.29 is 32.2 Å². The van der Waals surface area contributed by atoms with E-state index in [0.29, 0.717) is 24.2 Å². The number of carbonyl (C=O) groups is 2. The molecule has 2 rings (SSSR count). The number of alkyl halides is 3. The molecule has 7 nitrogen and oxygen atoms in total. The van der Waals surface area contributed by atoms with Crippen LogP contribution in [0.4, 0.5) is 18.9 Å². The number of ether oxygens (including phenoxy) is 2. The molecule has 0 spiro atoms. The number of halogens is 3. The van der Waals surface area contributed by atoms with E-state index in [1.165, 1.54) is 12.0 Å². The highest BCUT2D eigenvalue weighted by Crippen LogP contribution is 2.27. The maximum Gasteiger partial charge on any atom is 0.390 e. The fourth-order valence-corrected chi connectivity index (χ4v) is 3.76. The molecule has 10 heteroatoms. The maximum atomic E-state index is 13.1. The minimum absolute atomic E-state index is 0.0808. The summed E-state index contributed by atoms with van der Waals surface area (Å²) >= 11 is 0. The number of carbonyl (C=O) groups excluding carboxylic acids is 2.